The molecule has 4 nitrogen and oxygen atoms in total. The molecular formula is C13H15F3N2O2. The third-order valence-electron chi connectivity index (χ3n) is 3.14. The Morgan fingerprint density at radius 1 is 1.45 bits per heavy atom. The van der Waals surface area contributed by atoms with Crippen molar-refractivity contribution in [1.82, 2.24) is 5.32 Å². The van der Waals surface area contributed by atoms with E-state index in [0.29, 0.717) is 5.56 Å². The van der Waals surface area contributed by atoms with Crippen LogP contribution in [0.4, 0.5) is 18.9 Å². The lowest BCUT2D eigenvalue weighted by Gasteiger charge is -2.19. The van der Waals surface area contributed by atoms with E-state index in [1.807, 2.05) is 0 Å². The minimum atomic E-state index is -4.73. The molecule has 7 heteroatoms. The summed E-state index contributed by atoms with van der Waals surface area (Å²) >= 11 is 0. The van der Waals surface area contributed by atoms with Gasteiger partial charge in [-0.1, -0.05) is 0 Å². The van der Waals surface area contributed by atoms with Gasteiger partial charge in [-0.2, -0.15) is 13.2 Å². The lowest BCUT2D eigenvalue weighted by atomic mass is 10.0. The second-order valence-electron chi connectivity index (χ2n) is 4.67. The first-order valence-corrected chi connectivity index (χ1v) is 6.27. The number of rotatable bonds is 3. The van der Waals surface area contributed by atoms with E-state index in [4.69, 9.17) is 5.11 Å². The van der Waals surface area contributed by atoms with E-state index in [2.05, 4.69) is 10.6 Å². The number of carbonyl (C=O) groups excluding carboxylic acids is 1. The van der Waals surface area contributed by atoms with Crippen molar-refractivity contribution < 1.29 is 23.1 Å². The second kappa shape index (κ2) is 5.70. The number of halogens is 3. The normalized spacial score (nSPS) is 16.0. The highest BCUT2D eigenvalue weighted by Crippen LogP contribution is 2.23. The van der Waals surface area contributed by atoms with Crippen LogP contribution in [-0.2, 0) is 6.42 Å². The quantitative estimate of drug-likeness (QED) is 0.793. The van der Waals surface area contributed by atoms with E-state index >= 15 is 0 Å². The molecule has 1 aliphatic heterocycles. The molecule has 0 bridgehead atoms. The highest BCUT2D eigenvalue weighted by molar-refractivity contribution is 5.95. The standard InChI is InChI=1S/C13H15F3N2O2/c14-13(15,16)11(19)7-18-12(20)9-3-4-10-8(6-9)2-1-5-17-10/h3-4,6,11,17,19H,1-2,5,7H2,(H,18,20). The molecule has 1 aromatic rings. The maximum Gasteiger partial charge on any atom is 0.416 e. The maximum absolute atomic E-state index is 12.1. The molecule has 1 amide bonds. The van der Waals surface area contributed by atoms with E-state index in [1.54, 1.807) is 18.2 Å². The number of aliphatic hydroxyl groups excluding tert-OH is 1. The Balaban J connectivity index is 1.99. The number of carbonyl (C=O) groups is 1. The van der Waals surface area contributed by atoms with Crippen molar-refractivity contribution in [2.45, 2.75) is 25.1 Å². The van der Waals surface area contributed by atoms with E-state index in [9.17, 15) is 18.0 Å². The number of anilines is 1. The zero-order valence-corrected chi connectivity index (χ0v) is 10.6. The number of alkyl halides is 3. The summed E-state index contributed by atoms with van der Waals surface area (Å²) in [4.78, 5) is 11.8. The van der Waals surface area contributed by atoms with Crippen molar-refractivity contribution in [2.24, 2.45) is 0 Å². The molecule has 0 radical (unpaired) electrons. The number of amides is 1. The molecule has 3 N–H and O–H groups in total. The maximum atomic E-state index is 12.1. The number of nitrogens with one attached hydrogen (secondary N) is 2. The highest BCUT2D eigenvalue weighted by Gasteiger charge is 2.38. The number of benzene rings is 1. The van der Waals surface area contributed by atoms with Gasteiger partial charge in [-0.3, -0.25) is 4.79 Å². The van der Waals surface area contributed by atoms with Gasteiger partial charge in [0, 0.05) is 17.8 Å². The van der Waals surface area contributed by atoms with Gasteiger partial charge in [-0.25, -0.2) is 0 Å². The summed E-state index contributed by atoms with van der Waals surface area (Å²) in [5.41, 5.74) is 2.21. The number of fused-ring (bicyclic) bond motifs is 1. The Bertz CT molecular complexity index is 503. The predicted molar refractivity (Wildman–Crippen MR) is 67.6 cm³/mol. The van der Waals surface area contributed by atoms with Crippen LogP contribution in [0.1, 0.15) is 22.3 Å². The first-order valence-electron chi connectivity index (χ1n) is 6.27. The number of hydrogen-bond donors (Lipinski definition) is 3. The highest BCUT2D eigenvalue weighted by atomic mass is 19.4. The average Bonchev–Trinajstić information content (AvgIpc) is 2.42. The molecule has 1 aliphatic rings. The molecule has 0 saturated carbocycles. The van der Waals surface area contributed by atoms with Crippen molar-refractivity contribution >= 4 is 11.6 Å². The van der Waals surface area contributed by atoms with Crippen LogP contribution in [0, 0.1) is 0 Å². The molecule has 1 atom stereocenters. The summed E-state index contributed by atoms with van der Waals surface area (Å²) in [5, 5.41) is 14.1. The van der Waals surface area contributed by atoms with E-state index < -0.39 is 24.7 Å². The minimum absolute atomic E-state index is 0.293. The van der Waals surface area contributed by atoms with Gasteiger partial charge in [0.2, 0.25) is 0 Å². The van der Waals surface area contributed by atoms with Gasteiger partial charge >= 0.3 is 6.18 Å². The monoisotopic (exact) mass is 288 g/mol. The molecule has 0 fully saturated rings. The summed E-state index contributed by atoms with van der Waals surface area (Å²) in [7, 11) is 0. The Hall–Kier alpha value is -1.76. The van der Waals surface area contributed by atoms with Gasteiger partial charge in [-0.05, 0) is 36.6 Å². The number of aryl methyl sites for hydroxylation is 1. The first-order chi connectivity index (χ1) is 9.38. The predicted octanol–water partition coefficient (Wildman–Crippen LogP) is 1.70. The van der Waals surface area contributed by atoms with Crippen molar-refractivity contribution in [3.05, 3.63) is 29.3 Å². The molecule has 1 aromatic carbocycles. The largest absolute Gasteiger partial charge is 0.416 e. The topological polar surface area (TPSA) is 61.4 Å². The lowest BCUT2D eigenvalue weighted by Crippen LogP contribution is -2.40. The zero-order chi connectivity index (χ0) is 14.8. The Morgan fingerprint density at radius 2 is 2.20 bits per heavy atom. The third kappa shape index (κ3) is 3.41. The second-order valence-corrected chi connectivity index (χ2v) is 4.67. The fraction of sp³-hybridized carbons (Fsp3) is 0.462. The summed E-state index contributed by atoms with van der Waals surface area (Å²) in [5.74, 6) is -0.623. The van der Waals surface area contributed by atoms with Crippen LogP contribution in [0.2, 0.25) is 0 Å². The molecule has 110 valence electrons. The smallest absolute Gasteiger partial charge is 0.385 e. The van der Waals surface area contributed by atoms with Crippen molar-refractivity contribution in [3.63, 3.8) is 0 Å². The SMILES string of the molecule is O=C(NCC(O)C(F)(F)F)c1ccc2c(c1)CCCN2. The molecule has 0 saturated heterocycles. The van der Waals surface area contributed by atoms with Gasteiger partial charge in [0.05, 0.1) is 6.54 Å². The van der Waals surface area contributed by atoms with Crippen LogP contribution in [0.15, 0.2) is 18.2 Å². The Labute approximate surface area is 114 Å². The van der Waals surface area contributed by atoms with Crippen LogP contribution in [0.5, 0.6) is 0 Å². The van der Waals surface area contributed by atoms with Gasteiger partial charge < -0.3 is 15.7 Å². The van der Waals surface area contributed by atoms with Gasteiger partial charge in [0.1, 0.15) is 0 Å². The first kappa shape index (κ1) is 14.6. The number of aliphatic hydroxyl groups is 1. The fourth-order valence-corrected chi connectivity index (χ4v) is 2.02. The third-order valence-corrected chi connectivity index (χ3v) is 3.14. The van der Waals surface area contributed by atoms with Crippen molar-refractivity contribution in [3.8, 4) is 0 Å². The van der Waals surface area contributed by atoms with E-state index in [0.717, 1.165) is 30.6 Å². The van der Waals surface area contributed by atoms with Crippen LogP contribution >= 0.6 is 0 Å². The molecule has 1 unspecified atom stereocenters. The van der Waals surface area contributed by atoms with Gasteiger partial charge in [-0.15, -0.1) is 0 Å². The molecule has 0 spiro atoms. The van der Waals surface area contributed by atoms with Crippen LogP contribution in [0.3, 0.4) is 0 Å². The van der Waals surface area contributed by atoms with Crippen LogP contribution < -0.4 is 10.6 Å². The summed E-state index contributed by atoms with van der Waals surface area (Å²) in [6, 6.07) is 4.95. The van der Waals surface area contributed by atoms with Gasteiger partial charge in [0.15, 0.2) is 6.10 Å². The number of hydrogen-bond acceptors (Lipinski definition) is 3. The van der Waals surface area contributed by atoms with Crippen LogP contribution in [0.25, 0.3) is 0 Å². The summed E-state index contributed by atoms with van der Waals surface area (Å²) < 4.78 is 36.4. The molecule has 20 heavy (non-hydrogen) atoms. The molecule has 0 aromatic heterocycles. The summed E-state index contributed by atoms with van der Waals surface area (Å²) in [6.07, 6.45) is -5.50. The van der Waals surface area contributed by atoms with E-state index in [1.165, 1.54) is 0 Å². The Morgan fingerprint density at radius 3 is 2.90 bits per heavy atom. The molecular weight excluding hydrogens is 273 g/mol. The minimum Gasteiger partial charge on any atom is -0.385 e. The van der Waals surface area contributed by atoms with E-state index in [-0.39, 0.29) is 0 Å². The zero-order valence-electron chi connectivity index (χ0n) is 10.6. The van der Waals surface area contributed by atoms with Crippen molar-refractivity contribution in [2.75, 3.05) is 18.4 Å². The lowest BCUT2D eigenvalue weighted by molar-refractivity contribution is -0.201. The summed E-state index contributed by atoms with van der Waals surface area (Å²) in [6.45, 7) is 0.0218. The average molecular weight is 288 g/mol. The van der Waals surface area contributed by atoms with Crippen LogP contribution in [-0.4, -0.2) is 36.4 Å². The molecule has 2 rings (SSSR count). The van der Waals surface area contributed by atoms with Gasteiger partial charge in [0.25, 0.3) is 5.91 Å². The molecule has 1 heterocycles. The van der Waals surface area contributed by atoms with Crippen molar-refractivity contribution in [1.29, 1.82) is 0 Å². The fourth-order valence-electron chi connectivity index (χ4n) is 2.02. The Kier molecular flexibility index (Phi) is 4.17. The molecule has 0 aliphatic carbocycles.